The van der Waals surface area contributed by atoms with Gasteiger partial charge in [-0.3, -0.25) is 4.79 Å². The molecule has 0 aliphatic carbocycles. The smallest absolute Gasteiger partial charge is 0.383 e. The van der Waals surface area contributed by atoms with Crippen LogP contribution in [0.4, 0.5) is 23.4 Å². The first-order chi connectivity index (χ1) is 8.29. The fourth-order valence-electron chi connectivity index (χ4n) is 1.06. The van der Waals surface area contributed by atoms with Crippen molar-refractivity contribution in [1.29, 1.82) is 0 Å². The van der Waals surface area contributed by atoms with Crippen LogP contribution in [0.2, 0.25) is 0 Å². The first kappa shape index (κ1) is 14.6. The van der Waals surface area contributed by atoms with E-state index in [1.165, 1.54) is 0 Å². The third-order valence-corrected chi connectivity index (χ3v) is 2.52. The van der Waals surface area contributed by atoms with Gasteiger partial charge in [0.1, 0.15) is 11.6 Å². The molecule has 0 radical (unpaired) electrons. The average molecular weight is 283 g/mol. The van der Waals surface area contributed by atoms with E-state index >= 15 is 0 Å². The van der Waals surface area contributed by atoms with E-state index in [0.29, 0.717) is 0 Å². The highest BCUT2D eigenvalue weighted by Gasteiger charge is 2.27. The van der Waals surface area contributed by atoms with Crippen LogP contribution in [0.15, 0.2) is 12.3 Å². The molecule has 1 aromatic heterocycles. The van der Waals surface area contributed by atoms with E-state index in [9.17, 15) is 22.4 Å². The number of carbonyl (C=O) groups is 1. The highest BCUT2D eigenvalue weighted by molar-refractivity contribution is 8.00. The summed E-state index contributed by atoms with van der Waals surface area (Å²) in [5.41, 5.74) is 0.795. The number of pyridine rings is 1. The zero-order valence-corrected chi connectivity index (χ0v) is 9.74. The Bertz CT molecular complexity index is 438. The molecule has 1 rings (SSSR count). The number of anilines is 1. The maximum absolute atomic E-state index is 12.8. The van der Waals surface area contributed by atoms with Crippen LogP contribution in [0.5, 0.6) is 0 Å². The summed E-state index contributed by atoms with van der Waals surface area (Å²) in [7, 11) is 0. The Balaban J connectivity index is 2.48. The minimum absolute atomic E-state index is 0.183. The van der Waals surface area contributed by atoms with E-state index < -0.39 is 17.2 Å². The quantitative estimate of drug-likeness (QED) is 0.653. The minimum atomic E-state index is -4.34. The number of alkyl halides is 3. The Labute approximate surface area is 104 Å². The summed E-state index contributed by atoms with van der Waals surface area (Å²) in [5.74, 6) is -2.03. The predicted octanol–water partition coefficient (Wildman–Crippen LogP) is 1.79. The van der Waals surface area contributed by atoms with E-state index in [-0.39, 0.29) is 35.4 Å². The maximum atomic E-state index is 12.8. The Morgan fingerprint density at radius 1 is 1.50 bits per heavy atom. The second-order valence-corrected chi connectivity index (χ2v) is 4.30. The van der Waals surface area contributed by atoms with Crippen molar-refractivity contribution in [3.8, 4) is 0 Å². The van der Waals surface area contributed by atoms with Crippen LogP contribution in [-0.2, 0) is 0 Å². The number of hydrogen-bond acceptors (Lipinski definition) is 4. The molecule has 0 bridgehead atoms. The fraction of sp³-hybridized carbons (Fsp3) is 0.333. The minimum Gasteiger partial charge on any atom is -0.383 e. The van der Waals surface area contributed by atoms with Crippen LogP contribution in [-0.4, -0.2) is 28.7 Å². The number of rotatable bonds is 4. The van der Waals surface area contributed by atoms with Crippen molar-refractivity contribution in [3.05, 3.63) is 23.6 Å². The molecule has 0 aliphatic rings. The van der Waals surface area contributed by atoms with Crippen molar-refractivity contribution in [3.63, 3.8) is 0 Å². The Morgan fingerprint density at radius 3 is 2.78 bits per heavy atom. The van der Waals surface area contributed by atoms with Crippen LogP contribution in [0.3, 0.4) is 0 Å². The molecule has 4 nitrogen and oxygen atoms in total. The molecule has 0 aromatic carbocycles. The normalized spacial score (nSPS) is 11.3. The zero-order chi connectivity index (χ0) is 13.8. The molecule has 0 saturated heterocycles. The van der Waals surface area contributed by atoms with Crippen LogP contribution < -0.4 is 11.1 Å². The molecule has 0 aliphatic heterocycles. The monoisotopic (exact) mass is 283 g/mol. The number of carbonyl (C=O) groups excluding carboxylic acids is 1. The van der Waals surface area contributed by atoms with Gasteiger partial charge in [-0.2, -0.15) is 13.2 Å². The van der Waals surface area contributed by atoms with Gasteiger partial charge in [0.15, 0.2) is 0 Å². The summed E-state index contributed by atoms with van der Waals surface area (Å²) in [5, 5.41) is 2.19. The van der Waals surface area contributed by atoms with E-state index in [1.54, 1.807) is 0 Å². The van der Waals surface area contributed by atoms with Crippen molar-refractivity contribution in [2.75, 3.05) is 18.0 Å². The SMILES string of the molecule is Nc1ncc(F)cc1C(=O)NCCSC(F)(F)F. The van der Waals surface area contributed by atoms with Crippen LogP contribution >= 0.6 is 11.8 Å². The van der Waals surface area contributed by atoms with Gasteiger partial charge < -0.3 is 11.1 Å². The number of aromatic nitrogens is 1. The molecule has 1 aromatic rings. The molecular formula is C9H9F4N3OS. The summed E-state index contributed by atoms with van der Waals surface area (Å²) >= 11 is -0.258. The molecule has 1 heterocycles. The Morgan fingerprint density at radius 2 is 2.17 bits per heavy atom. The highest BCUT2D eigenvalue weighted by Crippen LogP contribution is 2.29. The molecule has 100 valence electrons. The topological polar surface area (TPSA) is 68.0 Å². The summed E-state index contributed by atoms with van der Waals surface area (Å²) < 4.78 is 48.2. The molecule has 0 unspecified atom stereocenters. The number of nitrogens with one attached hydrogen (secondary N) is 1. The van der Waals surface area contributed by atoms with Gasteiger partial charge in [-0.05, 0) is 17.8 Å². The van der Waals surface area contributed by atoms with Gasteiger partial charge in [0.05, 0.1) is 11.8 Å². The molecule has 0 spiro atoms. The van der Waals surface area contributed by atoms with Gasteiger partial charge in [-0.15, -0.1) is 0 Å². The number of nitrogen functional groups attached to an aromatic ring is 1. The Hall–Kier alpha value is -1.51. The number of nitrogens with two attached hydrogens (primary N) is 1. The molecule has 1 amide bonds. The lowest BCUT2D eigenvalue weighted by Crippen LogP contribution is -2.27. The maximum Gasteiger partial charge on any atom is 0.441 e. The lowest BCUT2D eigenvalue weighted by molar-refractivity contribution is -0.0327. The summed E-state index contributed by atoms with van der Waals surface area (Å²) in [6, 6.07) is 0.870. The van der Waals surface area contributed by atoms with Crippen molar-refractivity contribution in [1.82, 2.24) is 10.3 Å². The number of amides is 1. The van der Waals surface area contributed by atoms with Gasteiger partial charge in [0.2, 0.25) is 0 Å². The second kappa shape index (κ2) is 5.89. The molecule has 0 fully saturated rings. The van der Waals surface area contributed by atoms with Gasteiger partial charge in [-0.25, -0.2) is 9.37 Å². The molecule has 0 saturated carbocycles. The van der Waals surface area contributed by atoms with E-state index in [2.05, 4.69) is 10.3 Å². The van der Waals surface area contributed by atoms with Crippen LogP contribution in [0, 0.1) is 5.82 Å². The summed E-state index contributed by atoms with van der Waals surface area (Å²) in [6.45, 7) is -0.209. The summed E-state index contributed by atoms with van der Waals surface area (Å²) in [4.78, 5) is 14.9. The second-order valence-electron chi connectivity index (χ2n) is 3.14. The molecule has 9 heteroatoms. The number of halogens is 4. The molecule has 3 N–H and O–H groups in total. The highest BCUT2D eigenvalue weighted by atomic mass is 32.2. The first-order valence-electron chi connectivity index (χ1n) is 4.69. The largest absolute Gasteiger partial charge is 0.441 e. The molecule has 0 atom stereocenters. The predicted molar refractivity (Wildman–Crippen MR) is 59.5 cm³/mol. The lowest BCUT2D eigenvalue weighted by Gasteiger charge is -2.08. The number of nitrogens with zero attached hydrogens (tertiary/aromatic N) is 1. The van der Waals surface area contributed by atoms with Crippen molar-refractivity contribution < 1.29 is 22.4 Å². The van der Waals surface area contributed by atoms with Crippen LogP contribution in [0.25, 0.3) is 0 Å². The van der Waals surface area contributed by atoms with Crippen molar-refractivity contribution in [2.45, 2.75) is 5.51 Å². The lowest BCUT2D eigenvalue weighted by atomic mass is 10.2. The number of hydrogen-bond donors (Lipinski definition) is 2. The fourth-order valence-corrected chi connectivity index (χ4v) is 1.49. The van der Waals surface area contributed by atoms with Crippen molar-refractivity contribution in [2.24, 2.45) is 0 Å². The van der Waals surface area contributed by atoms with E-state index in [4.69, 9.17) is 5.73 Å². The Kier molecular flexibility index (Phi) is 4.76. The van der Waals surface area contributed by atoms with Crippen molar-refractivity contribution >= 4 is 23.5 Å². The molecule has 18 heavy (non-hydrogen) atoms. The van der Waals surface area contributed by atoms with Gasteiger partial charge in [0, 0.05) is 12.3 Å². The van der Waals surface area contributed by atoms with Crippen LogP contribution in [0.1, 0.15) is 10.4 Å². The van der Waals surface area contributed by atoms with E-state index in [1.807, 2.05) is 0 Å². The van der Waals surface area contributed by atoms with Gasteiger partial charge in [0.25, 0.3) is 5.91 Å². The third kappa shape index (κ3) is 4.78. The average Bonchev–Trinajstić information content (AvgIpc) is 2.26. The summed E-state index contributed by atoms with van der Waals surface area (Å²) in [6.07, 6.45) is 0.839. The van der Waals surface area contributed by atoms with Gasteiger partial charge >= 0.3 is 5.51 Å². The third-order valence-electron chi connectivity index (χ3n) is 1.78. The van der Waals surface area contributed by atoms with Gasteiger partial charge in [-0.1, -0.05) is 0 Å². The zero-order valence-electron chi connectivity index (χ0n) is 8.92. The molecular weight excluding hydrogens is 274 g/mol. The number of thioether (sulfide) groups is 1. The first-order valence-corrected chi connectivity index (χ1v) is 5.68. The van der Waals surface area contributed by atoms with E-state index in [0.717, 1.165) is 12.3 Å². The standard InChI is InChI=1S/C9H9F4N3OS/c10-5-3-6(7(14)16-4-5)8(17)15-1-2-18-9(11,12)13/h3-4H,1-2H2,(H2,14,16)(H,15,17).